The molecule has 0 aliphatic carbocycles. The van der Waals surface area contributed by atoms with Gasteiger partial charge in [0.05, 0.1) is 6.10 Å². The predicted octanol–water partition coefficient (Wildman–Crippen LogP) is 3.26. The summed E-state index contributed by atoms with van der Waals surface area (Å²) in [5.74, 6) is 0.115. The first kappa shape index (κ1) is 19.7. The lowest BCUT2D eigenvalue weighted by molar-refractivity contribution is 0.0144. The number of ether oxygens (including phenoxy) is 1. The smallest absolute Gasteiger partial charge is 0.407 e. The Hall–Kier alpha value is -3.09. The van der Waals surface area contributed by atoms with Gasteiger partial charge in [-0.1, -0.05) is 60.7 Å². The summed E-state index contributed by atoms with van der Waals surface area (Å²) in [4.78, 5) is 11.7. The van der Waals surface area contributed by atoms with Gasteiger partial charge in [-0.2, -0.15) is 0 Å². The maximum atomic E-state index is 11.7. The van der Waals surface area contributed by atoms with Gasteiger partial charge in [0, 0.05) is 11.9 Å². The number of carbonyl (C=O) groups is 1. The second-order valence-electron chi connectivity index (χ2n) is 6.51. The van der Waals surface area contributed by atoms with Gasteiger partial charge < -0.3 is 25.4 Å². The zero-order chi connectivity index (χ0) is 19.9. The predicted molar refractivity (Wildman–Crippen MR) is 106 cm³/mol. The Morgan fingerprint density at radius 2 is 1.61 bits per heavy atom. The standard InChI is InChI=1S/C22H23NO5/c24-19-11-10-18(16-8-4-5-9-17(16)19)21(26)20(25)12-13-23-22(27)28-14-15-6-2-1-3-7-15/h1-11,20-21,24-26H,12-14H2,(H,23,27). The molecule has 2 atom stereocenters. The van der Waals surface area contributed by atoms with E-state index in [4.69, 9.17) is 4.74 Å². The SMILES string of the molecule is O=C(NCCC(O)C(O)c1ccc(O)c2ccccc12)OCc1ccccc1. The van der Waals surface area contributed by atoms with E-state index in [9.17, 15) is 20.1 Å². The molecule has 3 rings (SSSR count). The first-order valence-electron chi connectivity index (χ1n) is 9.07. The summed E-state index contributed by atoms with van der Waals surface area (Å²) in [5.41, 5.74) is 1.40. The first-order chi connectivity index (χ1) is 13.6. The van der Waals surface area contributed by atoms with Crippen LogP contribution in [0.1, 0.15) is 23.7 Å². The Labute approximate surface area is 163 Å². The fourth-order valence-corrected chi connectivity index (χ4v) is 3.03. The van der Waals surface area contributed by atoms with Crippen molar-refractivity contribution in [1.82, 2.24) is 5.32 Å². The van der Waals surface area contributed by atoms with Crippen molar-refractivity contribution in [2.45, 2.75) is 25.2 Å². The first-order valence-corrected chi connectivity index (χ1v) is 9.07. The summed E-state index contributed by atoms with van der Waals surface area (Å²) >= 11 is 0. The van der Waals surface area contributed by atoms with Crippen LogP contribution in [-0.4, -0.2) is 34.1 Å². The Bertz CT molecular complexity index is 929. The van der Waals surface area contributed by atoms with Gasteiger partial charge >= 0.3 is 6.09 Å². The van der Waals surface area contributed by atoms with E-state index in [1.165, 1.54) is 6.07 Å². The molecule has 146 valence electrons. The number of rotatable bonds is 7. The lowest BCUT2D eigenvalue weighted by Crippen LogP contribution is -2.29. The Balaban J connectivity index is 1.52. The molecular weight excluding hydrogens is 358 g/mol. The fourth-order valence-electron chi connectivity index (χ4n) is 3.03. The Morgan fingerprint density at radius 3 is 2.36 bits per heavy atom. The van der Waals surface area contributed by atoms with Crippen LogP contribution in [0, 0.1) is 0 Å². The number of nitrogens with one attached hydrogen (secondary N) is 1. The van der Waals surface area contributed by atoms with Crippen molar-refractivity contribution in [1.29, 1.82) is 0 Å². The summed E-state index contributed by atoms with van der Waals surface area (Å²) in [5, 5.41) is 34.6. The van der Waals surface area contributed by atoms with Gasteiger partial charge in [-0.05, 0) is 29.0 Å². The minimum Gasteiger partial charge on any atom is -0.507 e. The van der Waals surface area contributed by atoms with Crippen LogP contribution < -0.4 is 5.32 Å². The van der Waals surface area contributed by atoms with Crippen LogP contribution in [0.5, 0.6) is 5.75 Å². The van der Waals surface area contributed by atoms with Gasteiger partial charge in [0.2, 0.25) is 0 Å². The van der Waals surface area contributed by atoms with Crippen molar-refractivity contribution < 1.29 is 24.9 Å². The third-order valence-electron chi connectivity index (χ3n) is 4.54. The molecule has 0 heterocycles. The summed E-state index contributed by atoms with van der Waals surface area (Å²) in [6, 6.07) is 19.5. The number of hydrogen-bond acceptors (Lipinski definition) is 5. The van der Waals surface area contributed by atoms with Crippen molar-refractivity contribution in [3.05, 3.63) is 77.9 Å². The largest absolute Gasteiger partial charge is 0.507 e. The molecule has 0 bridgehead atoms. The van der Waals surface area contributed by atoms with Crippen LogP contribution in [0.2, 0.25) is 0 Å². The molecule has 3 aromatic carbocycles. The molecule has 0 spiro atoms. The molecule has 0 radical (unpaired) electrons. The van der Waals surface area contributed by atoms with E-state index < -0.39 is 18.3 Å². The van der Waals surface area contributed by atoms with Crippen molar-refractivity contribution in [3.8, 4) is 5.75 Å². The minimum atomic E-state index is -1.15. The molecule has 1 amide bonds. The normalized spacial score (nSPS) is 13.1. The van der Waals surface area contributed by atoms with E-state index in [0.717, 1.165) is 5.56 Å². The molecule has 0 aliphatic rings. The molecule has 0 aliphatic heterocycles. The van der Waals surface area contributed by atoms with Gasteiger partial charge in [-0.15, -0.1) is 0 Å². The van der Waals surface area contributed by atoms with Gasteiger partial charge in [0.1, 0.15) is 18.5 Å². The average Bonchev–Trinajstić information content (AvgIpc) is 2.73. The number of hydrogen-bond donors (Lipinski definition) is 4. The summed E-state index contributed by atoms with van der Waals surface area (Å²) in [6.45, 7) is 0.319. The number of alkyl carbamates (subject to hydrolysis) is 1. The molecule has 0 aromatic heterocycles. The highest BCUT2D eigenvalue weighted by Gasteiger charge is 2.21. The molecule has 0 fully saturated rings. The molecule has 0 saturated carbocycles. The number of amides is 1. The van der Waals surface area contributed by atoms with Gasteiger partial charge in [-0.3, -0.25) is 0 Å². The van der Waals surface area contributed by atoms with Gasteiger partial charge in [-0.25, -0.2) is 4.79 Å². The topological polar surface area (TPSA) is 99.0 Å². The van der Waals surface area contributed by atoms with Crippen LogP contribution in [0.3, 0.4) is 0 Å². The molecule has 6 nitrogen and oxygen atoms in total. The number of aliphatic hydroxyl groups is 2. The number of phenolic OH excluding ortho intramolecular Hbond substituents is 1. The van der Waals surface area contributed by atoms with Gasteiger partial charge in [0.15, 0.2) is 0 Å². The molecule has 6 heteroatoms. The maximum absolute atomic E-state index is 11.7. The zero-order valence-corrected chi connectivity index (χ0v) is 15.3. The second kappa shape index (κ2) is 9.21. The molecule has 2 unspecified atom stereocenters. The summed E-state index contributed by atoms with van der Waals surface area (Å²) in [6.07, 6.45) is -2.66. The van der Waals surface area contributed by atoms with E-state index in [1.807, 2.05) is 30.3 Å². The number of carbonyl (C=O) groups excluding carboxylic acids is 1. The minimum absolute atomic E-state index is 0.115. The van der Waals surface area contributed by atoms with Crippen molar-refractivity contribution >= 4 is 16.9 Å². The van der Waals surface area contributed by atoms with E-state index in [2.05, 4.69) is 5.32 Å². The highest BCUT2D eigenvalue weighted by atomic mass is 16.5. The van der Waals surface area contributed by atoms with Crippen molar-refractivity contribution in [2.24, 2.45) is 0 Å². The molecular formula is C22H23NO5. The second-order valence-corrected chi connectivity index (χ2v) is 6.51. The van der Waals surface area contributed by atoms with Crippen LogP contribution in [-0.2, 0) is 11.3 Å². The number of aromatic hydroxyl groups is 1. The van der Waals surface area contributed by atoms with Crippen molar-refractivity contribution in [3.63, 3.8) is 0 Å². The van der Waals surface area contributed by atoms with E-state index in [1.54, 1.807) is 30.3 Å². The van der Waals surface area contributed by atoms with Crippen LogP contribution in [0.4, 0.5) is 4.79 Å². The molecule has 4 N–H and O–H groups in total. The van der Waals surface area contributed by atoms with E-state index >= 15 is 0 Å². The number of benzene rings is 3. The molecule has 3 aromatic rings. The van der Waals surface area contributed by atoms with Crippen LogP contribution in [0.25, 0.3) is 10.8 Å². The van der Waals surface area contributed by atoms with Gasteiger partial charge in [0.25, 0.3) is 0 Å². The Morgan fingerprint density at radius 1 is 0.929 bits per heavy atom. The summed E-state index contributed by atoms with van der Waals surface area (Å²) < 4.78 is 5.10. The lowest BCUT2D eigenvalue weighted by Gasteiger charge is -2.20. The summed E-state index contributed by atoms with van der Waals surface area (Å²) in [7, 11) is 0. The van der Waals surface area contributed by atoms with E-state index in [-0.39, 0.29) is 25.3 Å². The highest BCUT2D eigenvalue weighted by molar-refractivity contribution is 5.91. The monoisotopic (exact) mass is 381 g/mol. The maximum Gasteiger partial charge on any atom is 0.407 e. The van der Waals surface area contributed by atoms with E-state index in [0.29, 0.717) is 16.3 Å². The molecule has 0 saturated heterocycles. The van der Waals surface area contributed by atoms with Crippen LogP contribution in [0.15, 0.2) is 66.7 Å². The molecule has 28 heavy (non-hydrogen) atoms. The average molecular weight is 381 g/mol. The third kappa shape index (κ3) is 4.79. The highest BCUT2D eigenvalue weighted by Crippen LogP contribution is 2.32. The Kier molecular flexibility index (Phi) is 6.47. The lowest BCUT2D eigenvalue weighted by atomic mass is 9.95. The fraction of sp³-hybridized carbons (Fsp3) is 0.227. The quantitative estimate of drug-likeness (QED) is 0.503. The van der Waals surface area contributed by atoms with Crippen molar-refractivity contribution in [2.75, 3.05) is 6.54 Å². The number of aliphatic hydroxyl groups excluding tert-OH is 2. The van der Waals surface area contributed by atoms with Crippen LogP contribution >= 0.6 is 0 Å². The number of phenols is 1. The third-order valence-corrected chi connectivity index (χ3v) is 4.54. The zero-order valence-electron chi connectivity index (χ0n) is 15.3. The number of fused-ring (bicyclic) bond motifs is 1.